The van der Waals surface area contributed by atoms with Crippen molar-refractivity contribution in [2.45, 2.75) is 12.5 Å². The summed E-state index contributed by atoms with van der Waals surface area (Å²) in [5.74, 6) is -1.27. The Morgan fingerprint density at radius 1 is 0.950 bits per heavy atom. The first-order valence-corrected chi connectivity index (χ1v) is 6.60. The molecule has 0 aromatic heterocycles. The molecule has 0 N–H and O–H groups in total. The van der Waals surface area contributed by atoms with E-state index in [9.17, 15) is 9.59 Å². The highest BCUT2D eigenvalue weighted by Crippen LogP contribution is 2.34. The highest BCUT2D eigenvalue weighted by molar-refractivity contribution is 6.09. The molecule has 0 aliphatic carbocycles. The smallest absolute Gasteiger partial charge is 0.317 e. The lowest BCUT2D eigenvalue weighted by Crippen LogP contribution is -2.19. The fraction of sp³-hybridized carbons (Fsp3) is 0.176. The Labute approximate surface area is 117 Å². The van der Waals surface area contributed by atoms with Crippen LogP contribution in [-0.4, -0.2) is 11.8 Å². The van der Waals surface area contributed by atoms with E-state index < -0.39 is 11.9 Å². The molecule has 3 nitrogen and oxygen atoms in total. The van der Waals surface area contributed by atoms with Crippen LogP contribution in [0, 0.1) is 5.92 Å². The van der Waals surface area contributed by atoms with Gasteiger partial charge in [-0.25, -0.2) is 0 Å². The highest BCUT2D eigenvalue weighted by atomic mass is 16.6. The monoisotopic (exact) mass is 266 g/mol. The van der Waals surface area contributed by atoms with E-state index in [0.717, 1.165) is 5.56 Å². The number of benzene rings is 2. The topological polar surface area (TPSA) is 43.4 Å². The van der Waals surface area contributed by atoms with Crippen molar-refractivity contribution >= 4 is 11.8 Å². The Bertz CT molecular complexity index is 619. The van der Waals surface area contributed by atoms with E-state index in [-0.39, 0.29) is 11.9 Å². The number of cyclic esters (lactones) is 1. The Morgan fingerprint density at radius 3 is 2.20 bits per heavy atom. The number of carbonyl (C=O) groups is 2. The third kappa shape index (κ3) is 2.35. The lowest BCUT2D eigenvalue weighted by molar-refractivity contribution is -0.143. The molecule has 1 aliphatic heterocycles. The zero-order valence-corrected chi connectivity index (χ0v) is 10.9. The molecular formula is C17H14O3. The van der Waals surface area contributed by atoms with Gasteiger partial charge in [0.2, 0.25) is 0 Å². The van der Waals surface area contributed by atoms with E-state index in [1.165, 1.54) is 0 Å². The Kier molecular flexibility index (Phi) is 3.33. The minimum Gasteiger partial charge on any atom is -0.457 e. The molecule has 0 spiro atoms. The number of Topliss-reactive ketones (excluding diaryl/α,β-unsaturated/α-hetero) is 1. The highest BCUT2D eigenvalue weighted by Gasteiger charge is 2.40. The molecule has 0 amide bonds. The van der Waals surface area contributed by atoms with Gasteiger partial charge >= 0.3 is 5.97 Å². The van der Waals surface area contributed by atoms with Gasteiger partial charge in [-0.3, -0.25) is 9.59 Å². The molecule has 20 heavy (non-hydrogen) atoms. The largest absolute Gasteiger partial charge is 0.457 e. The van der Waals surface area contributed by atoms with Crippen LogP contribution in [0.5, 0.6) is 0 Å². The zero-order valence-electron chi connectivity index (χ0n) is 10.9. The van der Waals surface area contributed by atoms with Crippen LogP contribution in [0.15, 0.2) is 60.7 Å². The van der Waals surface area contributed by atoms with Crippen LogP contribution < -0.4 is 0 Å². The number of esters is 1. The quantitative estimate of drug-likeness (QED) is 0.487. The van der Waals surface area contributed by atoms with Crippen molar-refractivity contribution in [2.24, 2.45) is 5.92 Å². The van der Waals surface area contributed by atoms with Crippen LogP contribution in [0.2, 0.25) is 0 Å². The molecule has 2 aromatic carbocycles. The first-order valence-electron chi connectivity index (χ1n) is 6.60. The molecule has 1 fully saturated rings. The van der Waals surface area contributed by atoms with E-state index in [4.69, 9.17) is 4.74 Å². The zero-order chi connectivity index (χ0) is 13.9. The number of hydrogen-bond donors (Lipinski definition) is 0. The molecular weight excluding hydrogens is 252 g/mol. The summed E-state index contributed by atoms with van der Waals surface area (Å²) in [5, 5.41) is 0. The van der Waals surface area contributed by atoms with E-state index >= 15 is 0 Å². The van der Waals surface area contributed by atoms with Crippen molar-refractivity contribution in [2.75, 3.05) is 0 Å². The van der Waals surface area contributed by atoms with Gasteiger partial charge in [0.15, 0.2) is 5.78 Å². The van der Waals surface area contributed by atoms with Crippen LogP contribution >= 0.6 is 0 Å². The van der Waals surface area contributed by atoms with Gasteiger partial charge in [-0.2, -0.15) is 0 Å². The lowest BCUT2D eigenvalue weighted by atomic mass is 9.93. The molecule has 0 radical (unpaired) electrons. The average molecular weight is 266 g/mol. The van der Waals surface area contributed by atoms with Gasteiger partial charge in [-0.15, -0.1) is 0 Å². The number of hydrogen-bond acceptors (Lipinski definition) is 3. The first-order chi connectivity index (χ1) is 9.75. The molecule has 0 bridgehead atoms. The minimum atomic E-state index is -0.692. The molecule has 1 saturated heterocycles. The molecule has 3 heteroatoms. The summed E-state index contributed by atoms with van der Waals surface area (Å²) in [4.78, 5) is 24.3. The molecule has 1 heterocycles. The van der Waals surface area contributed by atoms with Gasteiger partial charge in [0.25, 0.3) is 0 Å². The van der Waals surface area contributed by atoms with E-state index in [1.807, 2.05) is 36.4 Å². The van der Waals surface area contributed by atoms with E-state index in [0.29, 0.717) is 12.0 Å². The summed E-state index contributed by atoms with van der Waals surface area (Å²) < 4.78 is 5.34. The molecule has 3 rings (SSSR count). The average Bonchev–Trinajstić information content (AvgIpc) is 2.90. The van der Waals surface area contributed by atoms with Gasteiger partial charge in [-0.05, 0) is 5.56 Å². The standard InChI is InChI=1S/C17H14O3/c18-16(13-9-5-2-6-10-13)14-11-15(20-17(14)19)12-7-3-1-4-8-12/h1-10,14-15H,11H2/t14-,15-/m1/s1. The SMILES string of the molecule is O=C1O[C@@H](c2ccccc2)C[C@@H]1C(=O)c1ccccc1. The third-order valence-corrected chi connectivity index (χ3v) is 3.54. The number of ether oxygens (including phenoxy) is 1. The summed E-state index contributed by atoms with van der Waals surface area (Å²) in [5.41, 5.74) is 1.49. The molecule has 0 saturated carbocycles. The minimum absolute atomic E-state index is 0.158. The van der Waals surface area contributed by atoms with Crippen molar-refractivity contribution in [3.8, 4) is 0 Å². The van der Waals surface area contributed by atoms with Crippen LogP contribution in [0.3, 0.4) is 0 Å². The van der Waals surface area contributed by atoms with Gasteiger partial charge in [0.1, 0.15) is 12.0 Å². The second kappa shape index (κ2) is 5.29. The fourth-order valence-corrected chi connectivity index (χ4v) is 2.47. The van der Waals surface area contributed by atoms with Gasteiger partial charge in [0, 0.05) is 12.0 Å². The summed E-state index contributed by atoms with van der Waals surface area (Å²) in [7, 11) is 0. The molecule has 1 aliphatic rings. The summed E-state index contributed by atoms with van der Waals surface area (Å²) in [6.45, 7) is 0. The predicted molar refractivity (Wildman–Crippen MR) is 74.2 cm³/mol. The normalized spacial score (nSPS) is 21.5. The van der Waals surface area contributed by atoms with E-state index in [1.54, 1.807) is 24.3 Å². The second-order valence-electron chi connectivity index (χ2n) is 4.85. The molecule has 0 unspecified atom stereocenters. The predicted octanol–water partition coefficient (Wildman–Crippen LogP) is 3.17. The lowest BCUT2D eigenvalue weighted by Gasteiger charge is -2.08. The Hall–Kier alpha value is -2.42. The third-order valence-electron chi connectivity index (χ3n) is 3.54. The summed E-state index contributed by atoms with van der Waals surface area (Å²) in [6, 6.07) is 18.4. The Balaban J connectivity index is 1.80. The number of rotatable bonds is 3. The van der Waals surface area contributed by atoms with E-state index in [2.05, 4.69) is 0 Å². The van der Waals surface area contributed by atoms with Crippen molar-refractivity contribution in [1.29, 1.82) is 0 Å². The maximum atomic E-state index is 12.3. The van der Waals surface area contributed by atoms with Crippen molar-refractivity contribution in [3.63, 3.8) is 0 Å². The first kappa shape index (κ1) is 12.6. The maximum Gasteiger partial charge on any atom is 0.317 e. The second-order valence-corrected chi connectivity index (χ2v) is 4.85. The van der Waals surface area contributed by atoms with Crippen LogP contribution in [0.1, 0.15) is 28.4 Å². The molecule has 100 valence electrons. The van der Waals surface area contributed by atoms with Crippen molar-refractivity contribution in [1.82, 2.24) is 0 Å². The fourth-order valence-electron chi connectivity index (χ4n) is 2.47. The van der Waals surface area contributed by atoms with Crippen molar-refractivity contribution in [3.05, 3.63) is 71.8 Å². The molecule has 2 aromatic rings. The van der Waals surface area contributed by atoms with Crippen LogP contribution in [0.4, 0.5) is 0 Å². The maximum absolute atomic E-state index is 12.3. The Morgan fingerprint density at radius 2 is 1.55 bits per heavy atom. The van der Waals surface area contributed by atoms with Crippen LogP contribution in [0.25, 0.3) is 0 Å². The summed E-state index contributed by atoms with van der Waals surface area (Å²) >= 11 is 0. The summed E-state index contributed by atoms with van der Waals surface area (Å²) in [6.07, 6.45) is 0.0951. The van der Waals surface area contributed by atoms with Gasteiger partial charge in [-0.1, -0.05) is 60.7 Å². The van der Waals surface area contributed by atoms with Gasteiger partial charge in [0.05, 0.1) is 0 Å². The van der Waals surface area contributed by atoms with Crippen molar-refractivity contribution < 1.29 is 14.3 Å². The molecule has 2 atom stereocenters. The van der Waals surface area contributed by atoms with Crippen LogP contribution in [-0.2, 0) is 9.53 Å². The number of ketones is 1. The van der Waals surface area contributed by atoms with Gasteiger partial charge < -0.3 is 4.74 Å². The number of carbonyl (C=O) groups excluding carboxylic acids is 2.